The summed E-state index contributed by atoms with van der Waals surface area (Å²) in [5, 5.41) is 0. The van der Waals surface area contributed by atoms with Crippen LogP contribution in [0.4, 0.5) is 0 Å². The molecule has 0 saturated carbocycles. The van der Waals surface area contributed by atoms with Crippen LogP contribution in [0, 0.1) is 0 Å². The Labute approximate surface area is 150 Å². The van der Waals surface area contributed by atoms with Crippen LogP contribution in [0.15, 0.2) is 79.0 Å². The van der Waals surface area contributed by atoms with Crippen LogP contribution in [0.5, 0.6) is 0 Å². The van der Waals surface area contributed by atoms with E-state index in [2.05, 4.69) is 88.5 Å². The summed E-state index contributed by atoms with van der Waals surface area (Å²) < 4.78 is 2.44. The van der Waals surface area contributed by atoms with Crippen LogP contribution in [0.25, 0.3) is 0 Å². The largest absolute Gasteiger partial charge is 0.351 e. The van der Waals surface area contributed by atoms with Crippen LogP contribution in [-0.4, -0.2) is 16.0 Å². The first kappa shape index (κ1) is 16.2. The third-order valence-electron chi connectivity index (χ3n) is 5.21. The Balaban J connectivity index is 1.53. The fourth-order valence-corrected chi connectivity index (χ4v) is 4.02. The second kappa shape index (κ2) is 7.71. The second-order valence-corrected chi connectivity index (χ2v) is 7.11. The lowest BCUT2D eigenvalue weighted by Crippen LogP contribution is -2.30. The van der Waals surface area contributed by atoms with Gasteiger partial charge in [0.1, 0.15) is 0 Å². The molecule has 0 aliphatic carbocycles. The van der Waals surface area contributed by atoms with E-state index in [0.717, 1.165) is 19.6 Å². The summed E-state index contributed by atoms with van der Waals surface area (Å²) in [7, 11) is 0. The summed E-state index contributed by atoms with van der Waals surface area (Å²) in [6, 6.07) is 26.2. The van der Waals surface area contributed by atoms with Gasteiger partial charge in [-0.1, -0.05) is 60.7 Å². The SMILES string of the molecule is c1ccc(CN(Cc2ccccc2)C[C@H]2CCCn3cccc32)cc1. The average molecular weight is 330 g/mol. The Morgan fingerprint density at radius 2 is 1.44 bits per heavy atom. The predicted molar refractivity (Wildman–Crippen MR) is 103 cm³/mol. The van der Waals surface area contributed by atoms with E-state index in [1.54, 1.807) is 0 Å². The number of nitrogens with zero attached hydrogens (tertiary/aromatic N) is 2. The Bertz CT molecular complexity index is 735. The van der Waals surface area contributed by atoms with Crippen molar-refractivity contribution in [3.8, 4) is 0 Å². The van der Waals surface area contributed by atoms with Gasteiger partial charge in [0.2, 0.25) is 0 Å². The number of fused-ring (bicyclic) bond motifs is 1. The Morgan fingerprint density at radius 3 is 2.08 bits per heavy atom. The average Bonchev–Trinajstić information content (AvgIpc) is 3.13. The van der Waals surface area contributed by atoms with Gasteiger partial charge >= 0.3 is 0 Å². The summed E-state index contributed by atoms with van der Waals surface area (Å²) in [6.45, 7) is 4.31. The van der Waals surface area contributed by atoms with Crippen molar-refractivity contribution in [1.29, 1.82) is 0 Å². The van der Waals surface area contributed by atoms with E-state index in [-0.39, 0.29) is 0 Å². The molecule has 0 N–H and O–H groups in total. The van der Waals surface area contributed by atoms with E-state index in [4.69, 9.17) is 0 Å². The molecule has 1 aromatic heterocycles. The smallest absolute Gasteiger partial charge is 0.0237 e. The molecule has 2 aromatic carbocycles. The zero-order chi connectivity index (χ0) is 16.9. The van der Waals surface area contributed by atoms with Crippen molar-refractivity contribution in [1.82, 2.24) is 9.47 Å². The van der Waals surface area contributed by atoms with Gasteiger partial charge in [-0.25, -0.2) is 0 Å². The molecule has 2 nitrogen and oxygen atoms in total. The van der Waals surface area contributed by atoms with Crippen molar-refractivity contribution in [2.75, 3.05) is 6.54 Å². The monoisotopic (exact) mass is 330 g/mol. The lowest BCUT2D eigenvalue weighted by atomic mass is 9.95. The molecule has 25 heavy (non-hydrogen) atoms. The molecule has 2 heteroatoms. The van der Waals surface area contributed by atoms with E-state index in [1.165, 1.54) is 36.2 Å². The predicted octanol–water partition coefficient (Wildman–Crippen LogP) is 5.07. The molecule has 0 amide bonds. The van der Waals surface area contributed by atoms with Crippen LogP contribution >= 0.6 is 0 Å². The molecular formula is C23H26N2. The maximum Gasteiger partial charge on any atom is 0.0237 e. The first-order valence-corrected chi connectivity index (χ1v) is 9.34. The van der Waals surface area contributed by atoms with Gasteiger partial charge in [0, 0.05) is 44.0 Å². The molecule has 1 atom stereocenters. The zero-order valence-corrected chi connectivity index (χ0v) is 14.7. The molecular weight excluding hydrogens is 304 g/mol. The Hall–Kier alpha value is -2.32. The lowest BCUT2D eigenvalue weighted by molar-refractivity contribution is 0.224. The van der Waals surface area contributed by atoms with Gasteiger partial charge in [0.15, 0.2) is 0 Å². The summed E-state index contributed by atoms with van der Waals surface area (Å²) in [6.07, 6.45) is 4.82. The highest BCUT2D eigenvalue weighted by Gasteiger charge is 2.22. The van der Waals surface area contributed by atoms with Gasteiger partial charge in [0.25, 0.3) is 0 Å². The third-order valence-corrected chi connectivity index (χ3v) is 5.21. The van der Waals surface area contributed by atoms with Gasteiger partial charge < -0.3 is 4.57 Å². The fraction of sp³-hybridized carbons (Fsp3) is 0.304. The Kier molecular flexibility index (Phi) is 4.98. The highest BCUT2D eigenvalue weighted by Crippen LogP contribution is 2.29. The molecule has 0 bridgehead atoms. The number of hydrogen-bond donors (Lipinski definition) is 0. The molecule has 1 aliphatic heterocycles. The third kappa shape index (κ3) is 4.02. The number of benzene rings is 2. The van der Waals surface area contributed by atoms with Crippen LogP contribution in [-0.2, 0) is 19.6 Å². The quantitative estimate of drug-likeness (QED) is 0.613. The maximum atomic E-state index is 2.61. The van der Waals surface area contributed by atoms with Gasteiger partial charge in [-0.2, -0.15) is 0 Å². The summed E-state index contributed by atoms with van der Waals surface area (Å²) in [4.78, 5) is 2.61. The van der Waals surface area contributed by atoms with Gasteiger partial charge in [-0.15, -0.1) is 0 Å². The maximum absolute atomic E-state index is 2.61. The fourth-order valence-electron chi connectivity index (χ4n) is 4.02. The van der Waals surface area contributed by atoms with Crippen molar-refractivity contribution in [2.24, 2.45) is 0 Å². The van der Waals surface area contributed by atoms with Crippen molar-refractivity contribution in [3.05, 3.63) is 95.8 Å². The highest BCUT2D eigenvalue weighted by atomic mass is 15.1. The second-order valence-electron chi connectivity index (χ2n) is 7.11. The lowest BCUT2D eigenvalue weighted by Gasteiger charge is -2.31. The number of aryl methyl sites for hydroxylation is 1. The normalized spacial score (nSPS) is 16.8. The molecule has 128 valence electrons. The minimum Gasteiger partial charge on any atom is -0.351 e. The summed E-state index contributed by atoms with van der Waals surface area (Å²) in [5.74, 6) is 0.635. The van der Waals surface area contributed by atoms with Crippen molar-refractivity contribution < 1.29 is 0 Å². The minimum absolute atomic E-state index is 0.635. The number of rotatable bonds is 6. The number of aromatic nitrogens is 1. The molecule has 1 aliphatic rings. The van der Waals surface area contributed by atoms with E-state index < -0.39 is 0 Å². The van der Waals surface area contributed by atoms with Gasteiger partial charge in [-0.3, -0.25) is 4.90 Å². The Morgan fingerprint density at radius 1 is 0.800 bits per heavy atom. The standard InChI is InChI=1S/C23H26N2/c1-3-9-20(10-4-1)17-24(18-21-11-5-2-6-12-21)19-22-13-7-15-25-16-8-14-23(22)25/h1-6,8-12,14,16,22H,7,13,15,17-19H2/t22-/m1/s1. The van der Waals surface area contributed by atoms with Crippen LogP contribution in [0.1, 0.15) is 35.6 Å². The summed E-state index contributed by atoms with van der Waals surface area (Å²) >= 11 is 0. The molecule has 2 heterocycles. The molecule has 0 saturated heterocycles. The van der Waals surface area contributed by atoms with E-state index in [1.807, 2.05) is 0 Å². The topological polar surface area (TPSA) is 8.17 Å². The van der Waals surface area contributed by atoms with Crippen LogP contribution in [0.3, 0.4) is 0 Å². The first-order valence-electron chi connectivity index (χ1n) is 9.34. The van der Waals surface area contributed by atoms with Gasteiger partial charge in [0.05, 0.1) is 0 Å². The highest BCUT2D eigenvalue weighted by molar-refractivity contribution is 5.19. The zero-order valence-electron chi connectivity index (χ0n) is 14.7. The first-order chi connectivity index (χ1) is 12.4. The van der Waals surface area contributed by atoms with E-state index in [0.29, 0.717) is 5.92 Å². The molecule has 0 fully saturated rings. The van der Waals surface area contributed by atoms with E-state index in [9.17, 15) is 0 Å². The molecule has 3 aromatic rings. The van der Waals surface area contributed by atoms with Gasteiger partial charge in [-0.05, 0) is 36.1 Å². The number of hydrogen-bond acceptors (Lipinski definition) is 1. The van der Waals surface area contributed by atoms with E-state index >= 15 is 0 Å². The van der Waals surface area contributed by atoms with Crippen LogP contribution in [0.2, 0.25) is 0 Å². The summed E-state index contributed by atoms with van der Waals surface area (Å²) in [5.41, 5.74) is 4.30. The molecule has 0 unspecified atom stereocenters. The van der Waals surface area contributed by atoms with Crippen LogP contribution < -0.4 is 0 Å². The molecule has 0 radical (unpaired) electrons. The molecule has 4 rings (SSSR count). The van der Waals surface area contributed by atoms with Crippen molar-refractivity contribution in [2.45, 2.75) is 38.4 Å². The minimum atomic E-state index is 0.635. The van der Waals surface area contributed by atoms with Crippen molar-refractivity contribution in [3.63, 3.8) is 0 Å². The van der Waals surface area contributed by atoms with Crippen molar-refractivity contribution >= 4 is 0 Å². The molecule has 0 spiro atoms.